The standard InChI is InChI=1S/C22H24F3N7O2/c23-22(24,25)20-29-19(30-34-20)18-5-1-4-17(28-18)15-3-2-8-31(13-15)14-16-6-7-26-21(27-16)32-9-11-33-12-10-32/h1,4-7,15H,2-3,8-14H2/t15-/m0/s1. The van der Waals surface area contributed by atoms with Crippen molar-refractivity contribution in [3.05, 3.63) is 47.7 Å². The Labute approximate surface area is 194 Å². The van der Waals surface area contributed by atoms with Crippen LogP contribution in [0.5, 0.6) is 0 Å². The van der Waals surface area contributed by atoms with E-state index in [0.717, 1.165) is 56.4 Å². The summed E-state index contributed by atoms with van der Waals surface area (Å²) >= 11 is 0. The summed E-state index contributed by atoms with van der Waals surface area (Å²) in [5.41, 5.74) is 2.02. The number of piperidine rings is 1. The zero-order valence-corrected chi connectivity index (χ0v) is 18.4. The lowest BCUT2D eigenvalue weighted by Gasteiger charge is -2.32. The number of hydrogen-bond donors (Lipinski definition) is 0. The number of rotatable bonds is 5. The Morgan fingerprint density at radius 2 is 1.88 bits per heavy atom. The second-order valence-corrected chi connectivity index (χ2v) is 8.39. The molecule has 0 radical (unpaired) electrons. The first-order valence-corrected chi connectivity index (χ1v) is 11.2. The minimum Gasteiger partial charge on any atom is -0.378 e. The highest BCUT2D eigenvalue weighted by atomic mass is 19.4. The summed E-state index contributed by atoms with van der Waals surface area (Å²) in [6, 6.07) is 7.17. The molecule has 5 rings (SSSR count). The number of halogens is 3. The molecule has 9 nitrogen and oxygen atoms in total. The van der Waals surface area contributed by atoms with Crippen LogP contribution in [-0.2, 0) is 17.5 Å². The summed E-state index contributed by atoms with van der Waals surface area (Å²) in [7, 11) is 0. The minimum atomic E-state index is -4.69. The summed E-state index contributed by atoms with van der Waals surface area (Å²) in [6.45, 7) is 5.31. The number of nitrogens with zero attached hydrogens (tertiary/aromatic N) is 7. The monoisotopic (exact) mass is 475 g/mol. The van der Waals surface area contributed by atoms with Crippen molar-refractivity contribution in [2.24, 2.45) is 0 Å². The van der Waals surface area contributed by atoms with Gasteiger partial charge in [-0.25, -0.2) is 15.0 Å². The molecule has 0 amide bonds. The van der Waals surface area contributed by atoms with Gasteiger partial charge in [-0.1, -0.05) is 11.2 Å². The highest BCUT2D eigenvalue weighted by molar-refractivity contribution is 5.48. The maximum Gasteiger partial charge on any atom is 0.471 e. The van der Waals surface area contributed by atoms with Crippen molar-refractivity contribution >= 4 is 5.95 Å². The average Bonchev–Trinajstić information content (AvgIpc) is 3.37. The molecule has 2 aliphatic heterocycles. The van der Waals surface area contributed by atoms with Crippen LogP contribution >= 0.6 is 0 Å². The molecule has 34 heavy (non-hydrogen) atoms. The fourth-order valence-electron chi connectivity index (χ4n) is 4.30. The van der Waals surface area contributed by atoms with Gasteiger partial charge >= 0.3 is 12.1 Å². The number of likely N-dealkylation sites (tertiary alicyclic amines) is 1. The summed E-state index contributed by atoms with van der Waals surface area (Å²) in [5.74, 6) is -0.677. The third-order valence-electron chi connectivity index (χ3n) is 5.97. The van der Waals surface area contributed by atoms with Gasteiger partial charge in [-0.3, -0.25) is 4.90 Å². The van der Waals surface area contributed by atoms with E-state index in [0.29, 0.717) is 19.8 Å². The summed E-state index contributed by atoms with van der Waals surface area (Å²) in [5, 5.41) is 3.45. The van der Waals surface area contributed by atoms with Crippen molar-refractivity contribution in [1.82, 2.24) is 30.0 Å². The van der Waals surface area contributed by atoms with E-state index in [1.807, 2.05) is 12.1 Å². The van der Waals surface area contributed by atoms with Crippen LogP contribution in [0.1, 0.15) is 36.0 Å². The molecular formula is C22H24F3N7O2. The van der Waals surface area contributed by atoms with Gasteiger partial charge in [0.2, 0.25) is 11.8 Å². The lowest BCUT2D eigenvalue weighted by molar-refractivity contribution is -0.159. The van der Waals surface area contributed by atoms with Crippen molar-refractivity contribution in [3.63, 3.8) is 0 Å². The van der Waals surface area contributed by atoms with Crippen LogP contribution in [0.2, 0.25) is 0 Å². The molecule has 0 spiro atoms. The third kappa shape index (κ3) is 5.17. The molecule has 2 aliphatic rings. The fourth-order valence-corrected chi connectivity index (χ4v) is 4.30. The van der Waals surface area contributed by atoms with Crippen molar-refractivity contribution in [2.45, 2.75) is 31.5 Å². The van der Waals surface area contributed by atoms with E-state index in [1.54, 1.807) is 18.3 Å². The number of alkyl halides is 3. The van der Waals surface area contributed by atoms with Crippen LogP contribution in [0.25, 0.3) is 11.5 Å². The molecule has 1 atom stereocenters. The molecular weight excluding hydrogens is 451 g/mol. The molecule has 3 aromatic rings. The van der Waals surface area contributed by atoms with Gasteiger partial charge in [0.25, 0.3) is 0 Å². The van der Waals surface area contributed by atoms with Crippen molar-refractivity contribution in [2.75, 3.05) is 44.3 Å². The number of hydrogen-bond acceptors (Lipinski definition) is 9. The molecule has 2 saturated heterocycles. The molecule has 0 aromatic carbocycles. The first-order valence-electron chi connectivity index (χ1n) is 11.2. The van der Waals surface area contributed by atoms with E-state index in [1.165, 1.54) is 0 Å². The highest BCUT2D eigenvalue weighted by Gasteiger charge is 2.38. The highest BCUT2D eigenvalue weighted by Crippen LogP contribution is 2.31. The van der Waals surface area contributed by atoms with Gasteiger partial charge in [0.05, 0.1) is 18.9 Å². The Kier molecular flexibility index (Phi) is 6.42. The van der Waals surface area contributed by atoms with Crippen LogP contribution in [0, 0.1) is 0 Å². The summed E-state index contributed by atoms with van der Waals surface area (Å²) in [4.78, 5) is 21.6. The maximum absolute atomic E-state index is 12.8. The first kappa shape index (κ1) is 22.7. The van der Waals surface area contributed by atoms with Gasteiger partial charge in [-0.15, -0.1) is 0 Å². The third-order valence-corrected chi connectivity index (χ3v) is 5.97. The van der Waals surface area contributed by atoms with E-state index in [-0.39, 0.29) is 17.4 Å². The molecule has 180 valence electrons. The number of ether oxygens (including phenoxy) is 1. The first-order chi connectivity index (χ1) is 16.5. The molecule has 5 heterocycles. The summed E-state index contributed by atoms with van der Waals surface area (Å²) in [6.07, 6.45) is -0.969. The predicted molar refractivity (Wildman–Crippen MR) is 115 cm³/mol. The van der Waals surface area contributed by atoms with Gasteiger partial charge in [-0.05, 0) is 37.6 Å². The van der Waals surface area contributed by atoms with Crippen LogP contribution in [0.15, 0.2) is 35.0 Å². The van der Waals surface area contributed by atoms with Gasteiger partial charge in [0, 0.05) is 44.0 Å². The Hall–Kier alpha value is -3.12. The zero-order chi connectivity index (χ0) is 23.5. The Bertz CT molecular complexity index is 1120. The Morgan fingerprint density at radius 3 is 2.68 bits per heavy atom. The quantitative estimate of drug-likeness (QED) is 0.552. The fraction of sp³-hybridized carbons (Fsp3) is 0.500. The van der Waals surface area contributed by atoms with Gasteiger partial charge < -0.3 is 14.2 Å². The van der Waals surface area contributed by atoms with E-state index in [2.05, 4.69) is 34.4 Å². The second kappa shape index (κ2) is 9.63. The maximum atomic E-state index is 12.8. The zero-order valence-electron chi connectivity index (χ0n) is 18.4. The number of anilines is 1. The predicted octanol–water partition coefficient (Wildman–Crippen LogP) is 3.16. The molecule has 2 fully saturated rings. The summed E-state index contributed by atoms with van der Waals surface area (Å²) < 4.78 is 48.2. The molecule has 0 unspecified atom stereocenters. The average molecular weight is 475 g/mol. The van der Waals surface area contributed by atoms with Crippen molar-refractivity contribution in [3.8, 4) is 11.5 Å². The van der Waals surface area contributed by atoms with Crippen molar-refractivity contribution in [1.29, 1.82) is 0 Å². The minimum absolute atomic E-state index is 0.142. The van der Waals surface area contributed by atoms with E-state index < -0.39 is 12.1 Å². The lowest BCUT2D eigenvalue weighted by Crippen LogP contribution is -2.38. The van der Waals surface area contributed by atoms with Crippen molar-refractivity contribution < 1.29 is 22.4 Å². The SMILES string of the molecule is FC(F)(F)c1nc(-c2cccc([C@H]3CCCN(Cc4ccnc(N5CCOCC5)n4)C3)n2)no1. The smallest absolute Gasteiger partial charge is 0.378 e. The number of pyridine rings is 1. The second-order valence-electron chi connectivity index (χ2n) is 8.39. The Morgan fingerprint density at radius 1 is 1.03 bits per heavy atom. The van der Waals surface area contributed by atoms with Gasteiger partial charge in [-0.2, -0.15) is 18.2 Å². The van der Waals surface area contributed by atoms with E-state index in [4.69, 9.17) is 9.72 Å². The van der Waals surface area contributed by atoms with Crippen LogP contribution < -0.4 is 4.90 Å². The van der Waals surface area contributed by atoms with E-state index >= 15 is 0 Å². The van der Waals surface area contributed by atoms with Crippen LogP contribution in [0.3, 0.4) is 0 Å². The molecule has 3 aromatic heterocycles. The topological polar surface area (TPSA) is 93.3 Å². The molecule has 0 bridgehead atoms. The van der Waals surface area contributed by atoms with Crippen LogP contribution in [0.4, 0.5) is 19.1 Å². The molecule has 12 heteroatoms. The van der Waals surface area contributed by atoms with Gasteiger partial charge in [0.15, 0.2) is 0 Å². The van der Waals surface area contributed by atoms with Crippen LogP contribution in [-0.4, -0.2) is 69.4 Å². The number of aromatic nitrogens is 5. The number of morpholine rings is 1. The molecule has 0 N–H and O–H groups in total. The lowest BCUT2D eigenvalue weighted by atomic mass is 9.94. The van der Waals surface area contributed by atoms with E-state index in [9.17, 15) is 13.2 Å². The Balaban J connectivity index is 1.27. The normalized spacial score (nSPS) is 20.0. The van der Waals surface area contributed by atoms with Gasteiger partial charge in [0.1, 0.15) is 5.69 Å². The molecule has 0 aliphatic carbocycles. The largest absolute Gasteiger partial charge is 0.471 e. The molecule has 0 saturated carbocycles.